The lowest BCUT2D eigenvalue weighted by Gasteiger charge is -2.37. The first-order chi connectivity index (χ1) is 13.0. The quantitative estimate of drug-likeness (QED) is 0.898. The van der Waals surface area contributed by atoms with Crippen molar-refractivity contribution in [2.45, 2.75) is 32.5 Å². The fraction of sp³-hybridized carbons (Fsp3) is 0.450. The molecular weight excluding hydrogens is 344 g/mol. The van der Waals surface area contributed by atoms with Gasteiger partial charge in [0.2, 0.25) is 0 Å². The van der Waals surface area contributed by atoms with Crippen LogP contribution in [0.1, 0.15) is 34.5 Å². The van der Waals surface area contributed by atoms with Gasteiger partial charge in [0.25, 0.3) is 5.91 Å². The van der Waals surface area contributed by atoms with Gasteiger partial charge in [-0.2, -0.15) is 0 Å². The zero-order chi connectivity index (χ0) is 18.9. The molecule has 2 aliphatic heterocycles. The number of aryl methyl sites for hydroxylation is 2. The molecule has 2 saturated heterocycles. The highest BCUT2D eigenvalue weighted by Gasteiger charge is 2.40. The molecule has 3 heterocycles. The lowest BCUT2D eigenvalue weighted by Crippen LogP contribution is -2.45. The second-order valence-electron chi connectivity index (χ2n) is 7.14. The smallest absolute Gasteiger partial charge is 0.276 e. The van der Waals surface area contributed by atoms with E-state index in [1.807, 2.05) is 38.1 Å². The summed E-state index contributed by atoms with van der Waals surface area (Å²) in [6.45, 7) is 6.92. The summed E-state index contributed by atoms with van der Waals surface area (Å²) in [6.07, 6.45) is 1.62. The molecule has 0 aliphatic carbocycles. The van der Waals surface area contributed by atoms with Crippen molar-refractivity contribution < 1.29 is 14.3 Å². The van der Waals surface area contributed by atoms with Gasteiger partial charge in [-0.25, -0.2) is 0 Å². The van der Waals surface area contributed by atoms with Gasteiger partial charge in [0.05, 0.1) is 13.2 Å². The largest absolute Gasteiger partial charge is 0.355 e. The fourth-order valence-electron chi connectivity index (χ4n) is 3.62. The monoisotopic (exact) mass is 368 g/mol. The minimum Gasteiger partial charge on any atom is -0.355 e. The average molecular weight is 368 g/mol. The van der Waals surface area contributed by atoms with Crippen LogP contribution in [-0.4, -0.2) is 48.2 Å². The number of rotatable bonds is 3. The zero-order valence-corrected chi connectivity index (χ0v) is 15.7. The van der Waals surface area contributed by atoms with Crippen LogP contribution in [-0.2, 0) is 9.47 Å². The van der Waals surface area contributed by atoms with E-state index in [9.17, 15) is 4.79 Å². The standard InChI is InChI=1S/C20H24N4O3/c1-14-3-4-16(15(2)13-14)21-19(25)17-5-6-18(23-22-17)24-9-7-20(8-10-24)26-11-12-27-20/h3-6,13H,7-12H2,1-2H3,(H,21,25). The van der Waals surface area contributed by atoms with Crippen molar-refractivity contribution in [3.63, 3.8) is 0 Å². The first-order valence-electron chi connectivity index (χ1n) is 9.30. The number of hydrogen-bond donors (Lipinski definition) is 1. The fourth-order valence-corrected chi connectivity index (χ4v) is 3.62. The third-order valence-corrected chi connectivity index (χ3v) is 5.18. The van der Waals surface area contributed by atoms with Crippen LogP contribution >= 0.6 is 0 Å². The van der Waals surface area contributed by atoms with Crippen LogP contribution in [0.3, 0.4) is 0 Å². The molecule has 1 N–H and O–H groups in total. The number of piperidine rings is 1. The topological polar surface area (TPSA) is 76.6 Å². The van der Waals surface area contributed by atoms with Crippen molar-refractivity contribution in [2.24, 2.45) is 0 Å². The first kappa shape index (κ1) is 17.9. The molecular formula is C20H24N4O3. The van der Waals surface area contributed by atoms with E-state index in [4.69, 9.17) is 9.47 Å². The predicted molar refractivity (Wildman–Crippen MR) is 102 cm³/mol. The number of anilines is 2. The van der Waals surface area contributed by atoms with Crippen molar-refractivity contribution in [1.82, 2.24) is 10.2 Å². The lowest BCUT2D eigenvalue weighted by atomic mass is 10.0. The first-order valence-corrected chi connectivity index (χ1v) is 9.30. The maximum absolute atomic E-state index is 12.4. The van der Waals surface area contributed by atoms with Gasteiger partial charge < -0.3 is 19.7 Å². The Morgan fingerprint density at radius 2 is 1.81 bits per heavy atom. The Balaban J connectivity index is 1.39. The van der Waals surface area contributed by atoms with Crippen LogP contribution in [0, 0.1) is 13.8 Å². The maximum Gasteiger partial charge on any atom is 0.276 e. The number of aromatic nitrogens is 2. The zero-order valence-electron chi connectivity index (χ0n) is 15.7. The van der Waals surface area contributed by atoms with Gasteiger partial charge in [0, 0.05) is 31.6 Å². The molecule has 7 nitrogen and oxygen atoms in total. The molecule has 1 spiro atoms. The summed E-state index contributed by atoms with van der Waals surface area (Å²) in [5.41, 5.74) is 3.27. The van der Waals surface area contributed by atoms with E-state index in [1.165, 1.54) is 0 Å². The maximum atomic E-state index is 12.4. The molecule has 1 aromatic carbocycles. The van der Waals surface area contributed by atoms with E-state index in [0.717, 1.165) is 48.6 Å². The highest BCUT2D eigenvalue weighted by atomic mass is 16.7. The van der Waals surface area contributed by atoms with Crippen LogP contribution < -0.4 is 10.2 Å². The molecule has 0 bridgehead atoms. The molecule has 27 heavy (non-hydrogen) atoms. The van der Waals surface area contributed by atoms with Crippen LogP contribution in [0.25, 0.3) is 0 Å². The highest BCUT2D eigenvalue weighted by molar-refractivity contribution is 6.03. The van der Waals surface area contributed by atoms with Crippen LogP contribution in [0.5, 0.6) is 0 Å². The number of nitrogens with one attached hydrogen (secondary N) is 1. The lowest BCUT2D eigenvalue weighted by molar-refractivity contribution is -0.169. The van der Waals surface area contributed by atoms with Crippen molar-refractivity contribution in [2.75, 3.05) is 36.5 Å². The molecule has 0 atom stereocenters. The van der Waals surface area contributed by atoms with E-state index in [0.29, 0.717) is 18.9 Å². The van der Waals surface area contributed by atoms with E-state index in [-0.39, 0.29) is 5.91 Å². The predicted octanol–water partition coefficient (Wildman–Crippen LogP) is 2.69. The minimum absolute atomic E-state index is 0.258. The molecule has 142 valence electrons. The van der Waals surface area contributed by atoms with Crippen LogP contribution in [0.15, 0.2) is 30.3 Å². The third kappa shape index (κ3) is 3.79. The number of ether oxygens (including phenoxy) is 2. The number of carbonyl (C=O) groups excluding carboxylic acids is 1. The van der Waals surface area contributed by atoms with Gasteiger partial charge in [0.15, 0.2) is 17.3 Å². The molecule has 1 amide bonds. The SMILES string of the molecule is Cc1ccc(NC(=O)c2ccc(N3CCC4(CC3)OCCO4)nn2)c(C)c1. The van der Waals surface area contributed by atoms with Gasteiger partial charge in [-0.15, -0.1) is 10.2 Å². The third-order valence-electron chi connectivity index (χ3n) is 5.18. The van der Waals surface area contributed by atoms with Crippen molar-refractivity contribution in [3.8, 4) is 0 Å². The molecule has 0 saturated carbocycles. The van der Waals surface area contributed by atoms with E-state index in [1.54, 1.807) is 6.07 Å². The second kappa shape index (κ2) is 7.25. The van der Waals surface area contributed by atoms with E-state index in [2.05, 4.69) is 20.4 Å². The number of amides is 1. The van der Waals surface area contributed by atoms with Gasteiger partial charge in [-0.1, -0.05) is 17.7 Å². The minimum atomic E-state index is -0.407. The van der Waals surface area contributed by atoms with E-state index < -0.39 is 5.79 Å². The Hall–Kier alpha value is -2.51. The molecule has 2 aliphatic rings. The van der Waals surface area contributed by atoms with Crippen LogP contribution in [0.4, 0.5) is 11.5 Å². The van der Waals surface area contributed by atoms with Crippen molar-refractivity contribution in [3.05, 3.63) is 47.2 Å². The molecule has 4 rings (SSSR count). The Labute approximate surface area is 158 Å². The average Bonchev–Trinajstić information content (AvgIpc) is 3.13. The Morgan fingerprint density at radius 3 is 2.44 bits per heavy atom. The summed E-state index contributed by atoms with van der Waals surface area (Å²) in [5, 5.41) is 11.3. The molecule has 7 heteroatoms. The normalized spacial score (nSPS) is 18.7. The molecule has 0 radical (unpaired) electrons. The number of nitrogens with zero attached hydrogens (tertiary/aromatic N) is 3. The molecule has 1 aromatic heterocycles. The van der Waals surface area contributed by atoms with Gasteiger partial charge in [-0.05, 0) is 37.6 Å². The highest BCUT2D eigenvalue weighted by Crippen LogP contribution is 2.32. The summed E-state index contributed by atoms with van der Waals surface area (Å²) in [6, 6.07) is 9.47. The Bertz CT molecular complexity index is 822. The number of hydrogen-bond acceptors (Lipinski definition) is 6. The summed E-state index contributed by atoms with van der Waals surface area (Å²) in [4.78, 5) is 14.6. The summed E-state index contributed by atoms with van der Waals surface area (Å²) in [5.74, 6) is 0.104. The van der Waals surface area contributed by atoms with Gasteiger partial charge >= 0.3 is 0 Å². The second-order valence-corrected chi connectivity index (χ2v) is 7.14. The van der Waals surface area contributed by atoms with E-state index >= 15 is 0 Å². The van der Waals surface area contributed by atoms with Gasteiger partial charge in [-0.3, -0.25) is 4.79 Å². The van der Waals surface area contributed by atoms with Gasteiger partial charge in [0.1, 0.15) is 0 Å². The Morgan fingerprint density at radius 1 is 1.07 bits per heavy atom. The van der Waals surface area contributed by atoms with Crippen molar-refractivity contribution in [1.29, 1.82) is 0 Å². The van der Waals surface area contributed by atoms with Crippen LogP contribution in [0.2, 0.25) is 0 Å². The summed E-state index contributed by atoms with van der Waals surface area (Å²) in [7, 11) is 0. The Kier molecular flexibility index (Phi) is 4.80. The number of benzene rings is 1. The molecule has 0 unspecified atom stereocenters. The number of carbonyl (C=O) groups is 1. The summed E-state index contributed by atoms with van der Waals surface area (Å²) < 4.78 is 11.5. The molecule has 2 aromatic rings. The van der Waals surface area contributed by atoms with Crippen molar-refractivity contribution >= 4 is 17.4 Å². The molecule has 2 fully saturated rings. The summed E-state index contributed by atoms with van der Waals surface area (Å²) >= 11 is 0.